The highest BCUT2D eigenvalue weighted by Gasteiger charge is 2.06. The fraction of sp³-hybridized carbons (Fsp3) is 0.200. The van der Waals surface area contributed by atoms with E-state index >= 15 is 0 Å². The van der Waals surface area contributed by atoms with Crippen LogP contribution in [0, 0.1) is 18.6 Å². The van der Waals surface area contributed by atoms with Crippen LogP contribution >= 0.6 is 15.9 Å². The number of hydrogen-bond acceptors (Lipinski definition) is 1. The molecule has 4 heteroatoms. The van der Waals surface area contributed by atoms with Crippen molar-refractivity contribution in [3.8, 4) is 5.75 Å². The lowest BCUT2D eigenvalue weighted by Gasteiger charge is -2.11. The van der Waals surface area contributed by atoms with Gasteiger partial charge in [0.25, 0.3) is 0 Å². The molecule has 0 radical (unpaired) electrons. The van der Waals surface area contributed by atoms with Crippen molar-refractivity contribution in [1.82, 2.24) is 0 Å². The maximum Gasteiger partial charge on any atom is 0.159 e. The smallest absolute Gasteiger partial charge is 0.159 e. The number of halogens is 3. The second-order valence-corrected chi connectivity index (χ2v) is 4.84. The van der Waals surface area contributed by atoms with E-state index in [1.165, 1.54) is 6.07 Å². The molecule has 0 unspecified atom stereocenters. The molecule has 1 nitrogen and oxygen atoms in total. The molecule has 0 amide bonds. The Bertz CT molecular complexity index is 584. The van der Waals surface area contributed by atoms with Crippen molar-refractivity contribution in [3.63, 3.8) is 0 Å². The fourth-order valence-corrected chi connectivity index (χ4v) is 2.18. The predicted molar refractivity (Wildman–Crippen MR) is 74.5 cm³/mol. The van der Waals surface area contributed by atoms with Gasteiger partial charge < -0.3 is 4.74 Å². The van der Waals surface area contributed by atoms with Crippen LogP contribution in [0.5, 0.6) is 5.75 Å². The summed E-state index contributed by atoms with van der Waals surface area (Å²) in [5, 5.41) is 0.682. The summed E-state index contributed by atoms with van der Waals surface area (Å²) in [6, 6.07) is 9.63. The van der Waals surface area contributed by atoms with Crippen LogP contribution in [0.4, 0.5) is 8.78 Å². The van der Waals surface area contributed by atoms with Gasteiger partial charge in [-0.1, -0.05) is 39.7 Å². The lowest BCUT2D eigenvalue weighted by molar-refractivity contribution is 0.303. The molecule has 0 saturated carbocycles. The molecule has 19 heavy (non-hydrogen) atoms. The summed E-state index contributed by atoms with van der Waals surface area (Å²) >= 11 is 3.40. The van der Waals surface area contributed by atoms with Crippen LogP contribution in [0.3, 0.4) is 0 Å². The highest BCUT2D eigenvalue weighted by atomic mass is 79.9. The lowest BCUT2D eigenvalue weighted by Crippen LogP contribution is -1.99. The summed E-state index contributed by atoms with van der Waals surface area (Å²) < 4.78 is 31.5. The second kappa shape index (κ2) is 6.15. The zero-order chi connectivity index (χ0) is 13.8. The third-order valence-corrected chi connectivity index (χ3v) is 3.34. The number of benzene rings is 2. The minimum Gasteiger partial charge on any atom is -0.489 e. The Hall–Kier alpha value is -1.42. The minimum atomic E-state index is -0.856. The number of hydrogen-bond donors (Lipinski definition) is 0. The highest BCUT2D eigenvalue weighted by molar-refractivity contribution is 9.08. The van der Waals surface area contributed by atoms with Crippen LogP contribution in [0.2, 0.25) is 0 Å². The molecule has 0 aliphatic heterocycles. The zero-order valence-corrected chi connectivity index (χ0v) is 12.0. The third kappa shape index (κ3) is 3.53. The van der Waals surface area contributed by atoms with Crippen LogP contribution in [0.25, 0.3) is 0 Å². The predicted octanol–water partition coefficient (Wildman–Crippen LogP) is 4.75. The Balaban J connectivity index is 2.12. The quantitative estimate of drug-likeness (QED) is 0.737. The summed E-state index contributed by atoms with van der Waals surface area (Å²) in [5.74, 6) is -0.960. The van der Waals surface area contributed by atoms with E-state index < -0.39 is 11.6 Å². The summed E-state index contributed by atoms with van der Waals surface area (Å²) in [4.78, 5) is 0. The van der Waals surface area contributed by atoms with E-state index in [2.05, 4.69) is 15.9 Å². The van der Waals surface area contributed by atoms with Crippen LogP contribution in [0.1, 0.15) is 16.7 Å². The van der Waals surface area contributed by atoms with Gasteiger partial charge in [0.05, 0.1) is 0 Å². The van der Waals surface area contributed by atoms with Gasteiger partial charge in [-0.25, -0.2) is 8.78 Å². The molecule has 2 rings (SSSR count). The first-order valence-electron chi connectivity index (χ1n) is 5.82. The topological polar surface area (TPSA) is 9.23 Å². The maximum absolute atomic E-state index is 13.1. The molecule has 2 aromatic carbocycles. The SMILES string of the molecule is Cc1ccc(OCc2ccc(F)c(F)c2)c(CBr)c1. The second-order valence-electron chi connectivity index (χ2n) is 4.28. The molecule has 0 aromatic heterocycles. The van der Waals surface area contributed by atoms with Crippen LogP contribution in [0.15, 0.2) is 36.4 Å². The average molecular weight is 327 g/mol. The first-order valence-corrected chi connectivity index (χ1v) is 6.94. The van der Waals surface area contributed by atoms with Gasteiger partial charge in [-0.05, 0) is 30.7 Å². The first kappa shape index (κ1) is 14.0. The lowest BCUT2D eigenvalue weighted by atomic mass is 10.1. The van der Waals surface area contributed by atoms with E-state index in [1.54, 1.807) is 0 Å². The Morgan fingerprint density at radius 1 is 1.05 bits per heavy atom. The minimum absolute atomic E-state index is 0.209. The van der Waals surface area contributed by atoms with Gasteiger partial charge in [0.1, 0.15) is 12.4 Å². The molecule has 0 heterocycles. The van der Waals surface area contributed by atoms with Gasteiger partial charge in [0.15, 0.2) is 11.6 Å². The van der Waals surface area contributed by atoms with E-state index in [9.17, 15) is 8.78 Å². The van der Waals surface area contributed by atoms with Gasteiger partial charge in [0, 0.05) is 10.9 Å². The summed E-state index contributed by atoms with van der Waals surface area (Å²) in [6.07, 6.45) is 0. The normalized spacial score (nSPS) is 10.5. The molecule has 0 aliphatic rings. The largest absolute Gasteiger partial charge is 0.489 e. The van der Waals surface area contributed by atoms with Crippen LogP contribution in [-0.2, 0) is 11.9 Å². The number of ether oxygens (including phenoxy) is 1. The molecule has 0 fully saturated rings. The Labute approximate surface area is 119 Å². The van der Waals surface area contributed by atoms with E-state index in [-0.39, 0.29) is 6.61 Å². The van der Waals surface area contributed by atoms with Gasteiger partial charge in [-0.3, -0.25) is 0 Å². The average Bonchev–Trinajstić information content (AvgIpc) is 2.41. The van der Waals surface area contributed by atoms with Crippen molar-refractivity contribution in [2.24, 2.45) is 0 Å². The van der Waals surface area contributed by atoms with E-state index in [0.717, 1.165) is 29.0 Å². The van der Waals surface area contributed by atoms with Crippen LogP contribution < -0.4 is 4.74 Å². The van der Waals surface area contributed by atoms with E-state index in [0.29, 0.717) is 10.9 Å². The number of rotatable bonds is 4. The van der Waals surface area contributed by atoms with E-state index in [1.807, 2.05) is 25.1 Å². The zero-order valence-electron chi connectivity index (χ0n) is 10.4. The molecule has 0 bridgehead atoms. The number of aryl methyl sites for hydroxylation is 1. The molecule has 0 saturated heterocycles. The highest BCUT2D eigenvalue weighted by Crippen LogP contribution is 2.23. The first-order chi connectivity index (χ1) is 9.10. The van der Waals surface area contributed by atoms with Crippen molar-refractivity contribution in [2.75, 3.05) is 0 Å². The summed E-state index contributed by atoms with van der Waals surface area (Å²) in [5.41, 5.74) is 2.78. The van der Waals surface area contributed by atoms with Gasteiger partial charge in [-0.15, -0.1) is 0 Å². The van der Waals surface area contributed by atoms with Gasteiger partial charge >= 0.3 is 0 Å². The molecular weight excluding hydrogens is 314 g/mol. The van der Waals surface area contributed by atoms with Crippen molar-refractivity contribution >= 4 is 15.9 Å². The Morgan fingerprint density at radius 2 is 1.84 bits per heavy atom. The summed E-state index contributed by atoms with van der Waals surface area (Å²) in [6.45, 7) is 2.21. The van der Waals surface area contributed by atoms with Crippen LogP contribution in [-0.4, -0.2) is 0 Å². The van der Waals surface area contributed by atoms with Crippen molar-refractivity contribution in [3.05, 3.63) is 64.7 Å². The molecule has 0 spiro atoms. The standard InChI is InChI=1S/C15H13BrF2O/c1-10-2-5-15(12(6-10)8-16)19-9-11-3-4-13(17)14(18)7-11/h2-7H,8-9H2,1H3. The summed E-state index contributed by atoms with van der Waals surface area (Å²) in [7, 11) is 0. The molecular formula is C15H13BrF2O. The number of alkyl halides is 1. The van der Waals surface area contributed by atoms with Gasteiger partial charge in [0.2, 0.25) is 0 Å². The molecule has 0 atom stereocenters. The van der Waals surface area contributed by atoms with Crippen molar-refractivity contribution in [2.45, 2.75) is 18.9 Å². The monoisotopic (exact) mass is 326 g/mol. The van der Waals surface area contributed by atoms with Crippen molar-refractivity contribution < 1.29 is 13.5 Å². The maximum atomic E-state index is 13.1. The van der Waals surface area contributed by atoms with E-state index in [4.69, 9.17) is 4.74 Å². The Morgan fingerprint density at radius 3 is 2.53 bits per heavy atom. The van der Waals surface area contributed by atoms with Crippen molar-refractivity contribution in [1.29, 1.82) is 0 Å². The third-order valence-electron chi connectivity index (χ3n) is 2.74. The molecule has 100 valence electrons. The Kier molecular flexibility index (Phi) is 4.53. The molecule has 0 N–H and O–H groups in total. The van der Waals surface area contributed by atoms with Gasteiger partial charge in [-0.2, -0.15) is 0 Å². The molecule has 2 aromatic rings. The fourth-order valence-electron chi connectivity index (χ4n) is 1.74. The molecule has 0 aliphatic carbocycles.